The lowest BCUT2D eigenvalue weighted by atomic mass is 9.87. The summed E-state index contributed by atoms with van der Waals surface area (Å²) in [5, 5.41) is 15.3. The van der Waals surface area contributed by atoms with Crippen molar-refractivity contribution in [3.05, 3.63) is 53.0 Å². The van der Waals surface area contributed by atoms with Crippen molar-refractivity contribution in [3.8, 4) is 11.3 Å². The molecule has 0 aliphatic carbocycles. The first-order valence-electron chi connectivity index (χ1n) is 14.4. The molecule has 5 heterocycles. The molecule has 1 aromatic carbocycles. The minimum absolute atomic E-state index is 0.144. The van der Waals surface area contributed by atoms with Crippen LogP contribution in [0.4, 0.5) is 0 Å². The fourth-order valence-corrected chi connectivity index (χ4v) is 6.80. The molecule has 4 aromatic rings. The first kappa shape index (κ1) is 26.0. The number of hydrogen-bond acceptors (Lipinski definition) is 5. The summed E-state index contributed by atoms with van der Waals surface area (Å²) in [5.41, 5.74) is 9.47. The minimum Gasteiger partial charge on any atom is -0.395 e. The number of piperidine rings is 1. The fraction of sp³-hybridized carbons (Fsp3) is 0.516. The van der Waals surface area contributed by atoms with Gasteiger partial charge in [-0.1, -0.05) is 19.9 Å². The van der Waals surface area contributed by atoms with Gasteiger partial charge in [0.25, 0.3) is 0 Å². The number of rotatable bonds is 6. The standard InChI is InChI=1S/C31H40N6O2/c1-19(2)29-25-14-23(22-9-12-35(13-10-22)28(39)16-36-11-5-6-24(36)17-38)7-8-27(25)34-30(29)26-15-37-31(32-18-33-37)21(4)20(26)3/h7-8,14-15,18-19,22,24,34,38H,5-6,9-13,16-17H2,1-4H3/t24-/m0/s1. The molecule has 2 N–H and O–H groups in total. The van der Waals surface area contributed by atoms with E-state index in [1.165, 1.54) is 33.3 Å². The van der Waals surface area contributed by atoms with Crippen molar-refractivity contribution in [2.24, 2.45) is 0 Å². The van der Waals surface area contributed by atoms with Gasteiger partial charge in [-0.3, -0.25) is 9.69 Å². The first-order chi connectivity index (χ1) is 18.9. The van der Waals surface area contributed by atoms with Crippen LogP contribution in [0.25, 0.3) is 27.8 Å². The van der Waals surface area contributed by atoms with E-state index in [4.69, 9.17) is 0 Å². The van der Waals surface area contributed by atoms with E-state index in [1.54, 1.807) is 6.33 Å². The average Bonchev–Trinajstić information content (AvgIpc) is 3.68. The third-order valence-electron chi connectivity index (χ3n) is 9.20. The number of carbonyl (C=O) groups excluding carboxylic acids is 1. The normalized spacial score (nSPS) is 19.2. The van der Waals surface area contributed by atoms with E-state index in [-0.39, 0.29) is 18.6 Å². The first-order valence-corrected chi connectivity index (χ1v) is 14.4. The summed E-state index contributed by atoms with van der Waals surface area (Å²) >= 11 is 0. The Kier molecular flexibility index (Phi) is 6.93. The minimum atomic E-state index is 0.144. The molecule has 39 heavy (non-hydrogen) atoms. The second-order valence-electron chi connectivity index (χ2n) is 11.8. The van der Waals surface area contributed by atoms with Crippen molar-refractivity contribution in [3.63, 3.8) is 0 Å². The van der Waals surface area contributed by atoms with Crippen molar-refractivity contribution in [1.82, 2.24) is 29.4 Å². The number of aryl methyl sites for hydroxylation is 1. The van der Waals surface area contributed by atoms with Crippen LogP contribution in [0.5, 0.6) is 0 Å². The van der Waals surface area contributed by atoms with Gasteiger partial charge in [0.05, 0.1) is 18.8 Å². The fourth-order valence-electron chi connectivity index (χ4n) is 6.80. The molecule has 8 nitrogen and oxygen atoms in total. The van der Waals surface area contributed by atoms with Gasteiger partial charge in [-0.05, 0) is 92.3 Å². The lowest BCUT2D eigenvalue weighted by molar-refractivity contribution is -0.133. The Hall–Kier alpha value is -3.23. The van der Waals surface area contributed by atoms with Gasteiger partial charge >= 0.3 is 0 Å². The number of hydrogen-bond donors (Lipinski definition) is 2. The number of aromatic nitrogens is 4. The maximum atomic E-state index is 13.0. The van der Waals surface area contributed by atoms with Crippen LogP contribution in [-0.4, -0.2) is 79.2 Å². The topological polar surface area (TPSA) is 89.8 Å². The van der Waals surface area contributed by atoms with E-state index in [0.717, 1.165) is 62.0 Å². The van der Waals surface area contributed by atoms with E-state index >= 15 is 0 Å². The van der Waals surface area contributed by atoms with E-state index in [9.17, 15) is 9.90 Å². The van der Waals surface area contributed by atoms with Crippen molar-refractivity contribution in [2.45, 2.75) is 71.3 Å². The number of likely N-dealkylation sites (tertiary alicyclic amines) is 2. The maximum Gasteiger partial charge on any atom is 0.236 e. The van der Waals surface area contributed by atoms with Crippen molar-refractivity contribution in [2.75, 3.05) is 32.8 Å². The maximum absolute atomic E-state index is 13.0. The van der Waals surface area contributed by atoms with Crippen LogP contribution in [0.1, 0.15) is 73.6 Å². The number of nitrogens with zero attached hydrogens (tertiary/aromatic N) is 5. The molecule has 0 spiro atoms. The highest BCUT2D eigenvalue weighted by Gasteiger charge is 2.30. The molecule has 2 aliphatic rings. The summed E-state index contributed by atoms with van der Waals surface area (Å²) in [5.74, 6) is 1.00. The van der Waals surface area contributed by atoms with Gasteiger partial charge in [0.2, 0.25) is 5.91 Å². The molecule has 1 amide bonds. The molecule has 2 fully saturated rings. The summed E-state index contributed by atoms with van der Waals surface area (Å²) in [6.07, 6.45) is 7.73. The van der Waals surface area contributed by atoms with Gasteiger partial charge in [0.15, 0.2) is 5.65 Å². The van der Waals surface area contributed by atoms with Crippen molar-refractivity contribution >= 4 is 22.5 Å². The third kappa shape index (κ3) is 4.63. The molecule has 6 rings (SSSR count). The molecule has 8 heteroatoms. The summed E-state index contributed by atoms with van der Waals surface area (Å²) in [6.45, 7) is 11.9. The highest BCUT2D eigenvalue weighted by molar-refractivity contribution is 5.92. The van der Waals surface area contributed by atoms with E-state index in [0.29, 0.717) is 18.4 Å². The Morgan fingerprint density at radius 2 is 1.92 bits per heavy atom. The second-order valence-corrected chi connectivity index (χ2v) is 11.8. The lowest BCUT2D eigenvalue weighted by Gasteiger charge is -2.34. The van der Waals surface area contributed by atoms with Gasteiger partial charge in [-0.15, -0.1) is 0 Å². The van der Waals surface area contributed by atoms with Crippen LogP contribution in [0.3, 0.4) is 0 Å². The summed E-state index contributed by atoms with van der Waals surface area (Å²) in [7, 11) is 0. The van der Waals surface area contributed by atoms with E-state index in [1.807, 2.05) is 9.42 Å². The number of benzene rings is 1. The highest BCUT2D eigenvalue weighted by atomic mass is 16.3. The number of aliphatic hydroxyl groups excluding tert-OH is 1. The van der Waals surface area contributed by atoms with Crippen LogP contribution in [-0.2, 0) is 4.79 Å². The highest BCUT2D eigenvalue weighted by Crippen LogP contribution is 2.40. The number of aliphatic hydroxyl groups is 1. The van der Waals surface area contributed by atoms with Gasteiger partial charge < -0.3 is 15.0 Å². The molecule has 0 radical (unpaired) electrons. The van der Waals surface area contributed by atoms with Gasteiger partial charge in [-0.25, -0.2) is 9.50 Å². The predicted molar refractivity (Wildman–Crippen MR) is 154 cm³/mol. The molecule has 2 aliphatic heterocycles. The van der Waals surface area contributed by atoms with Gasteiger partial charge in [0, 0.05) is 41.8 Å². The number of amides is 1. The van der Waals surface area contributed by atoms with Crippen molar-refractivity contribution < 1.29 is 9.90 Å². The SMILES string of the molecule is Cc1c(-c2[nH]c3ccc(C4CCN(C(=O)CN5CCC[C@H]5CO)CC4)cc3c2C(C)C)cn2ncnc2c1C. The average molecular weight is 529 g/mol. The summed E-state index contributed by atoms with van der Waals surface area (Å²) in [4.78, 5) is 25.4. The van der Waals surface area contributed by atoms with Crippen LogP contribution >= 0.6 is 0 Å². The Morgan fingerprint density at radius 1 is 1.13 bits per heavy atom. The van der Waals surface area contributed by atoms with E-state index in [2.05, 4.69) is 72.1 Å². The number of aromatic amines is 1. The Balaban J connectivity index is 1.24. The largest absolute Gasteiger partial charge is 0.395 e. The molecular weight excluding hydrogens is 488 g/mol. The molecule has 0 unspecified atom stereocenters. The number of pyridine rings is 1. The van der Waals surface area contributed by atoms with Gasteiger partial charge in [-0.2, -0.15) is 5.10 Å². The monoisotopic (exact) mass is 528 g/mol. The number of fused-ring (bicyclic) bond motifs is 2. The smallest absolute Gasteiger partial charge is 0.236 e. The Morgan fingerprint density at radius 3 is 2.67 bits per heavy atom. The molecule has 0 bridgehead atoms. The quantitative estimate of drug-likeness (QED) is 0.376. The van der Waals surface area contributed by atoms with Crippen LogP contribution in [0, 0.1) is 13.8 Å². The van der Waals surface area contributed by atoms with Crippen LogP contribution in [0.2, 0.25) is 0 Å². The second kappa shape index (κ2) is 10.4. The zero-order valence-corrected chi connectivity index (χ0v) is 23.6. The zero-order chi connectivity index (χ0) is 27.3. The number of H-pyrrole nitrogens is 1. The van der Waals surface area contributed by atoms with Crippen LogP contribution in [0.15, 0.2) is 30.7 Å². The molecule has 1 atom stereocenters. The lowest BCUT2D eigenvalue weighted by Crippen LogP contribution is -2.45. The number of carbonyl (C=O) groups is 1. The van der Waals surface area contributed by atoms with E-state index < -0.39 is 0 Å². The Labute approximate surface area is 230 Å². The van der Waals surface area contributed by atoms with Crippen molar-refractivity contribution in [1.29, 1.82) is 0 Å². The molecule has 2 saturated heterocycles. The zero-order valence-electron chi connectivity index (χ0n) is 23.6. The third-order valence-corrected chi connectivity index (χ3v) is 9.20. The number of nitrogens with one attached hydrogen (secondary N) is 1. The summed E-state index contributed by atoms with van der Waals surface area (Å²) < 4.78 is 1.88. The Bertz CT molecular complexity index is 1510. The molecule has 206 valence electrons. The molecule has 0 saturated carbocycles. The van der Waals surface area contributed by atoms with Crippen LogP contribution < -0.4 is 0 Å². The van der Waals surface area contributed by atoms with Gasteiger partial charge in [0.1, 0.15) is 6.33 Å². The molecule has 3 aromatic heterocycles. The predicted octanol–water partition coefficient (Wildman–Crippen LogP) is 4.78. The summed E-state index contributed by atoms with van der Waals surface area (Å²) in [6, 6.07) is 7.03. The molecular formula is C31H40N6O2.